The molecule has 1 aromatic carbocycles. The van der Waals surface area contributed by atoms with E-state index in [0.29, 0.717) is 18.9 Å². The summed E-state index contributed by atoms with van der Waals surface area (Å²) in [4.78, 5) is 11.9. The lowest BCUT2D eigenvalue weighted by molar-refractivity contribution is 0.293. The summed E-state index contributed by atoms with van der Waals surface area (Å²) in [5.74, 6) is 0.450. The molecule has 2 aromatic rings. The number of halogens is 1. The molecule has 0 saturated heterocycles. The third kappa shape index (κ3) is 4.31. The minimum absolute atomic E-state index is 0.0794. The Morgan fingerprint density at radius 3 is 2.70 bits per heavy atom. The fourth-order valence-corrected chi connectivity index (χ4v) is 1.96. The molecule has 0 fully saturated rings. The number of hydrogen-bond donors (Lipinski definition) is 1. The van der Waals surface area contributed by atoms with E-state index in [1.54, 1.807) is 0 Å². The monoisotopic (exact) mass is 385 g/mol. The van der Waals surface area contributed by atoms with E-state index in [1.807, 2.05) is 31.2 Å². The maximum atomic E-state index is 11.9. The molecule has 0 amide bonds. The topological polar surface area (TPSA) is 70.1 Å². The van der Waals surface area contributed by atoms with Gasteiger partial charge in [0, 0.05) is 15.7 Å². The molecule has 20 heavy (non-hydrogen) atoms. The Bertz CT molecular complexity index is 623. The second kappa shape index (κ2) is 6.85. The Kier molecular flexibility index (Phi) is 5.13. The van der Waals surface area contributed by atoms with Gasteiger partial charge in [0.2, 0.25) is 0 Å². The molecule has 106 valence electrons. The molecule has 6 heteroatoms. The summed E-state index contributed by atoms with van der Waals surface area (Å²) in [6.07, 6.45) is 1.54. The Morgan fingerprint density at radius 2 is 2.10 bits per heavy atom. The van der Waals surface area contributed by atoms with E-state index in [2.05, 4.69) is 27.7 Å². The first kappa shape index (κ1) is 15.0. The first-order chi connectivity index (χ1) is 9.54. The Morgan fingerprint density at radius 1 is 1.40 bits per heavy atom. The summed E-state index contributed by atoms with van der Waals surface area (Å²) < 4.78 is 7.93. The van der Waals surface area contributed by atoms with Crippen LogP contribution >= 0.6 is 22.6 Å². The van der Waals surface area contributed by atoms with Crippen molar-refractivity contribution in [2.24, 2.45) is 5.73 Å². The van der Waals surface area contributed by atoms with E-state index in [1.165, 1.54) is 16.9 Å². The van der Waals surface area contributed by atoms with Crippen LogP contribution in [0.3, 0.4) is 0 Å². The van der Waals surface area contributed by atoms with Crippen LogP contribution in [-0.2, 0) is 6.54 Å². The average Bonchev–Trinajstić information content (AvgIpc) is 2.41. The van der Waals surface area contributed by atoms with Crippen LogP contribution in [0, 0.1) is 3.57 Å². The van der Waals surface area contributed by atoms with Crippen molar-refractivity contribution in [3.8, 4) is 5.75 Å². The summed E-state index contributed by atoms with van der Waals surface area (Å²) in [6, 6.07) is 9.32. The molecule has 1 unspecified atom stereocenters. The maximum Gasteiger partial charge on any atom is 0.270 e. The van der Waals surface area contributed by atoms with Crippen molar-refractivity contribution in [3.05, 3.63) is 56.0 Å². The third-order valence-electron chi connectivity index (χ3n) is 2.60. The van der Waals surface area contributed by atoms with E-state index in [4.69, 9.17) is 10.5 Å². The van der Waals surface area contributed by atoms with Crippen molar-refractivity contribution in [1.82, 2.24) is 9.78 Å². The number of aromatic nitrogens is 2. The molecule has 1 heterocycles. The van der Waals surface area contributed by atoms with Crippen molar-refractivity contribution < 1.29 is 4.74 Å². The van der Waals surface area contributed by atoms with Crippen LogP contribution in [-0.4, -0.2) is 22.4 Å². The Hall–Kier alpha value is -1.41. The molecular weight excluding hydrogens is 369 g/mol. The van der Waals surface area contributed by atoms with Crippen LogP contribution in [0.1, 0.15) is 12.5 Å². The molecule has 2 rings (SSSR count). The zero-order valence-corrected chi connectivity index (χ0v) is 13.3. The lowest BCUT2D eigenvalue weighted by Gasteiger charge is -2.09. The highest BCUT2D eigenvalue weighted by atomic mass is 127. The van der Waals surface area contributed by atoms with Gasteiger partial charge in [0.25, 0.3) is 5.56 Å². The first-order valence-corrected chi connectivity index (χ1v) is 7.32. The van der Waals surface area contributed by atoms with Crippen LogP contribution in [0.25, 0.3) is 0 Å². The van der Waals surface area contributed by atoms with E-state index < -0.39 is 0 Å². The molecule has 1 atom stereocenters. The molecule has 1 aromatic heterocycles. The highest BCUT2D eigenvalue weighted by Crippen LogP contribution is 2.08. The summed E-state index contributed by atoms with van der Waals surface area (Å²) >= 11 is 2.24. The van der Waals surface area contributed by atoms with E-state index in [9.17, 15) is 4.79 Å². The molecule has 0 radical (unpaired) electrons. The number of rotatable bonds is 5. The minimum atomic E-state index is -0.189. The standard InChI is InChI=1S/C14H16IN3O2/c1-10(16)9-20-13-6-14(19)18(17-7-13)8-11-2-4-12(15)5-3-11/h2-7,10H,8-9,16H2,1H3. The second-order valence-corrected chi connectivity index (χ2v) is 5.85. The molecule has 0 aliphatic carbocycles. The van der Waals surface area contributed by atoms with Crippen LogP contribution in [0.2, 0.25) is 0 Å². The van der Waals surface area contributed by atoms with E-state index in [0.717, 1.165) is 9.13 Å². The predicted octanol–water partition coefficient (Wildman–Crippen LogP) is 1.62. The highest BCUT2D eigenvalue weighted by Gasteiger charge is 2.03. The molecule has 0 aliphatic rings. The van der Waals surface area contributed by atoms with Gasteiger partial charge >= 0.3 is 0 Å². The van der Waals surface area contributed by atoms with Crippen molar-refractivity contribution >= 4 is 22.6 Å². The highest BCUT2D eigenvalue weighted by molar-refractivity contribution is 14.1. The number of nitrogens with zero attached hydrogens (tertiary/aromatic N) is 2. The van der Waals surface area contributed by atoms with Gasteiger partial charge in [-0.15, -0.1) is 0 Å². The first-order valence-electron chi connectivity index (χ1n) is 6.24. The van der Waals surface area contributed by atoms with Gasteiger partial charge in [0.05, 0.1) is 12.7 Å². The largest absolute Gasteiger partial charge is 0.490 e. The van der Waals surface area contributed by atoms with Gasteiger partial charge in [-0.25, -0.2) is 4.68 Å². The predicted molar refractivity (Wildman–Crippen MR) is 85.9 cm³/mol. The summed E-state index contributed by atoms with van der Waals surface area (Å²) in [5, 5.41) is 4.11. The van der Waals surface area contributed by atoms with Crippen molar-refractivity contribution in [2.75, 3.05) is 6.61 Å². The van der Waals surface area contributed by atoms with Crippen LogP contribution in [0.5, 0.6) is 5.75 Å². The van der Waals surface area contributed by atoms with E-state index in [-0.39, 0.29) is 11.6 Å². The molecular formula is C14H16IN3O2. The quantitative estimate of drug-likeness (QED) is 0.795. The summed E-state index contributed by atoms with van der Waals surface area (Å²) in [7, 11) is 0. The lowest BCUT2D eigenvalue weighted by atomic mass is 10.2. The zero-order valence-electron chi connectivity index (χ0n) is 11.1. The number of benzene rings is 1. The van der Waals surface area contributed by atoms with Crippen LogP contribution in [0.4, 0.5) is 0 Å². The molecule has 0 bridgehead atoms. The molecule has 2 N–H and O–H groups in total. The summed E-state index contributed by atoms with van der Waals surface area (Å²) in [6.45, 7) is 2.65. The molecule has 0 saturated carbocycles. The van der Waals surface area contributed by atoms with Crippen molar-refractivity contribution in [2.45, 2.75) is 19.5 Å². The fraction of sp³-hybridized carbons (Fsp3) is 0.286. The van der Waals surface area contributed by atoms with Gasteiger partial charge < -0.3 is 10.5 Å². The van der Waals surface area contributed by atoms with Crippen LogP contribution < -0.4 is 16.0 Å². The van der Waals surface area contributed by atoms with Gasteiger partial charge in [0.15, 0.2) is 0 Å². The normalized spacial score (nSPS) is 12.2. The fourth-order valence-electron chi connectivity index (χ4n) is 1.61. The zero-order chi connectivity index (χ0) is 14.5. The SMILES string of the molecule is CC(N)COc1cnn(Cc2ccc(I)cc2)c(=O)c1. The Balaban J connectivity index is 2.09. The van der Waals surface area contributed by atoms with E-state index >= 15 is 0 Å². The van der Waals surface area contributed by atoms with Crippen molar-refractivity contribution in [1.29, 1.82) is 0 Å². The second-order valence-electron chi connectivity index (χ2n) is 4.60. The maximum absolute atomic E-state index is 11.9. The van der Waals surface area contributed by atoms with Gasteiger partial charge in [-0.2, -0.15) is 5.10 Å². The number of hydrogen-bond acceptors (Lipinski definition) is 4. The van der Waals surface area contributed by atoms with Crippen LogP contribution in [0.15, 0.2) is 41.3 Å². The molecule has 5 nitrogen and oxygen atoms in total. The van der Waals surface area contributed by atoms with Gasteiger partial charge in [-0.3, -0.25) is 4.79 Å². The third-order valence-corrected chi connectivity index (χ3v) is 3.32. The number of ether oxygens (including phenoxy) is 1. The van der Waals surface area contributed by atoms with Gasteiger partial charge in [-0.1, -0.05) is 12.1 Å². The minimum Gasteiger partial charge on any atom is -0.490 e. The summed E-state index contributed by atoms with van der Waals surface area (Å²) in [5.41, 5.74) is 6.44. The smallest absolute Gasteiger partial charge is 0.270 e. The average molecular weight is 385 g/mol. The van der Waals surface area contributed by atoms with Crippen molar-refractivity contribution in [3.63, 3.8) is 0 Å². The molecule has 0 spiro atoms. The van der Waals surface area contributed by atoms with Gasteiger partial charge in [0.1, 0.15) is 12.4 Å². The van der Waals surface area contributed by atoms with Gasteiger partial charge in [-0.05, 0) is 47.2 Å². The number of nitrogens with two attached hydrogens (primary N) is 1. The Labute approximate surface area is 130 Å². The molecule has 0 aliphatic heterocycles. The lowest BCUT2D eigenvalue weighted by Crippen LogP contribution is -2.26.